The first-order valence-corrected chi connectivity index (χ1v) is 7.47. The van der Waals surface area contributed by atoms with Crippen LogP contribution in [-0.4, -0.2) is 27.5 Å². The van der Waals surface area contributed by atoms with Crippen molar-refractivity contribution in [2.24, 2.45) is 0 Å². The molecule has 1 aliphatic rings. The Morgan fingerprint density at radius 3 is 3.15 bits per heavy atom. The summed E-state index contributed by atoms with van der Waals surface area (Å²) in [6, 6.07) is 3.47. The number of rotatable bonds is 3. The molecule has 0 saturated carbocycles. The molecule has 20 heavy (non-hydrogen) atoms. The first-order chi connectivity index (χ1) is 9.65. The monoisotopic (exact) mass is 288 g/mol. The number of carboxylic acids is 1. The van der Waals surface area contributed by atoms with E-state index < -0.39 is 12.0 Å². The molecule has 1 aliphatic heterocycles. The van der Waals surface area contributed by atoms with E-state index in [4.69, 9.17) is 0 Å². The molecule has 0 bridgehead atoms. The van der Waals surface area contributed by atoms with Gasteiger partial charge in [0.15, 0.2) is 0 Å². The molecule has 4 nitrogen and oxygen atoms in total. The highest BCUT2D eigenvalue weighted by molar-refractivity contribution is 7.10. The molecule has 104 valence electrons. The van der Waals surface area contributed by atoms with E-state index in [2.05, 4.69) is 11.1 Å². The van der Waals surface area contributed by atoms with Gasteiger partial charge in [-0.2, -0.15) is 0 Å². The Morgan fingerprint density at radius 1 is 1.55 bits per heavy atom. The van der Waals surface area contributed by atoms with Crippen LogP contribution in [0.5, 0.6) is 0 Å². The van der Waals surface area contributed by atoms with Gasteiger partial charge in [0.25, 0.3) is 0 Å². The summed E-state index contributed by atoms with van der Waals surface area (Å²) in [6.45, 7) is 3.40. The molecule has 0 aromatic carbocycles. The maximum Gasteiger partial charge on any atom is 0.325 e. The average Bonchev–Trinajstić information content (AvgIpc) is 2.86. The van der Waals surface area contributed by atoms with Crippen LogP contribution in [0.2, 0.25) is 0 Å². The second-order valence-electron chi connectivity index (χ2n) is 5.13. The summed E-state index contributed by atoms with van der Waals surface area (Å²) < 4.78 is 0. The molecule has 0 amide bonds. The van der Waals surface area contributed by atoms with Gasteiger partial charge in [-0.15, -0.1) is 11.3 Å². The normalized spacial score (nSPS) is 18.8. The van der Waals surface area contributed by atoms with Crippen molar-refractivity contribution in [1.29, 1.82) is 0 Å². The van der Waals surface area contributed by atoms with Crippen molar-refractivity contribution in [2.45, 2.75) is 25.9 Å². The summed E-state index contributed by atoms with van der Waals surface area (Å²) in [4.78, 5) is 19.0. The van der Waals surface area contributed by atoms with Gasteiger partial charge in [0.2, 0.25) is 0 Å². The quantitative estimate of drug-likeness (QED) is 0.943. The molecule has 3 rings (SSSR count). The lowest BCUT2D eigenvalue weighted by molar-refractivity contribution is -0.144. The van der Waals surface area contributed by atoms with E-state index in [1.165, 1.54) is 4.88 Å². The number of aryl methyl sites for hydroxylation is 1. The van der Waals surface area contributed by atoms with Crippen LogP contribution in [-0.2, 0) is 17.8 Å². The van der Waals surface area contributed by atoms with Gasteiger partial charge >= 0.3 is 5.97 Å². The number of hydrogen-bond acceptors (Lipinski definition) is 4. The Hall–Kier alpha value is -1.72. The zero-order chi connectivity index (χ0) is 14.1. The number of carbonyl (C=O) groups is 1. The minimum atomic E-state index is -0.773. The third kappa shape index (κ3) is 2.46. The summed E-state index contributed by atoms with van der Waals surface area (Å²) in [5, 5.41) is 11.5. The highest BCUT2D eigenvalue weighted by atomic mass is 32.1. The predicted molar refractivity (Wildman–Crippen MR) is 77.8 cm³/mol. The first-order valence-electron chi connectivity index (χ1n) is 6.59. The van der Waals surface area contributed by atoms with Crippen molar-refractivity contribution in [3.8, 4) is 0 Å². The number of carboxylic acid groups (broad SMARTS) is 1. The van der Waals surface area contributed by atoms with Gasteiger partial charge < -0.3 is 5.11 Å². The Kier molecular flexibility index (Phi) is 3.54. The number of pyridine rings is 1. The van der Waals surface area contributed by atoms with Crippen molar-refractivity contribution in [2.75, 3.05) is 6.54 Å². The summed E-state index contributed by atoms with van der Waals surface area (Å²) in [6.07, 6.45) is 4.55. The van der Waals surface area contributed by atoms with Gasteiger partial charge in [0.05, 0.1) is 0 Å². The summed E-state index contributed by atoms with van der Waals surface area (Å²) in [7, 11) is 0. The van der Waals surface area contributed by atoms with E-state index in [1.54, 1.807) is 11.3 Å². The maximum atomic E-state index is 11.6. The van der Waals surface area contributed by atoms with Crippen LogP contribution in [0.25, 0.3) is 0 Å². The number of thiophene rings is 1. The summed E-state index contributed by atoms with van der Waals surface area (Å²) in [5.41, 5.74) is 3.12. The lowest BCUT2D eigenvalue weighted by Crippen LogP contribution is -2.38. The average molecular weight is 288 g/mol. The largest absolute Gasteiger partial charge is 0.480 e. The van der Waals surface area contributed by atoms with Crippen molar-refractivity contribution in [3.63, 3.8) is 0 Å². The molecule has 0 fully saturated rings. The molecule has 1 N–H and O–H groups in total. The van der Waals surface area contributed by atoms with Gasteiger partial charge in [-0.25, -0.2) is 0 Å². The highest BCUT2D eigenvalue weighted by Gasteiger charge is 2.33. The molecule has 2 aromatic heterocycles. The number of nitrogens with zero attached hydrogens (tertiary/aromatic N) is 2. The predicted octanol–water partition coefficient (Wildman–Crippen LogP) is 2.64. The highest BCUT2D eigenvalue weighted by Crippen LogP contribution is 2.34. The third-order valence-electron chi connectivity index (χ3n) is 3.62. The van der Waals surface area contributed by atoms with Crippen molar-refractivity contribution < 1.29 is 9.90 Å². The summed E-state index contributed by atoms with van der Waals surface area (Å²) in [5.74, 6) is -0.773. The molecule has 1 unspecified atom stereocenters. The Bertz CT molecular complexity index is 638. The minimum absolute atomic E-state index is 0.537. The molecule has 2 aromatic rings. The van der Waals surface area contributed by atoms with E-state index in [0.717, 1.165) is 29.7 Å². The first kappa shape index (κ1) is 13.3. The molecule has 3 heterocycles. The van der Waals surface area contributed by atoms with E-state index in [-0.39, 0.29) is 0 Å². The summed E-state index contributed by atoms with van der Waals surface area (Å²) >= 11 is 1.65. The second-order valence-corrected chi connectivity index (χ2v) is 6.13. The van der Waals surface area contributed by atoms with Crippen LogP contribution < -0.4 is 0 Å². The standard InChI is InChI=1S/C15H16N2O2S/c1-10-6-11(8-16-7-10)9-17-4-2-13-12(3-5-20-13)14(17)15(18)19/h3,5-8,14H,2,4,9H2,1H3,(H,18,19). The van der Waals surface area contributed by atoms with Crippen LogP contribution >= 0.6 is 11.3 Å². The van der Waals surface area contributed by atoms with Crippen molar-refractivity contribution in [3.05, 3.63) is 51.5 Å². The van der Waals surface area contributed by atoms with Gasteiger partial charge in [-0.05, 0) is 41.5 Å². The second kappa shape index (κ2) is 5.34. The van der Waals surface area contributed by atoms with Crippen LogP contribution in [0.15, 0.2) is 29.9 Å². The van der Waals surface area contributed by atoms with Crippen molar-refractivity contribution in [1.82, 2.24) is 9.88 Å². The zero-order valence-electron chi connectivity index (χ0n) is 11.2. The van der Waals surface area contributed by atoms with E-state index in [9.17, 15) is 9.90 Å². The topological polar surface area (TPSA) is 53.4 Å². The van der Waals surface area contributed by atoms with E-state index in [0.29, 0.717) is 6.54 Å². The van der Waals surface area contributed by atoms with Gasteiger partial charge in [0.1, 0.15) is 6.04 Å². The SMILES string of the molecule is Cc1cncc(CN2CCc3sccc3C2C(=O)O)c1. The number of hydrogen-bond donors (Lipinski definition) is 1. The van der Waals surface area contributed by atoms with Crippen molar-refractivity contribution >= 4 is 17.3 Å². The Morgan fingerprint density at radius 2 is 2.40 bits per heavy atom. The zero-order valence-corrected chi connectivity index (χ0v) is 12.1. The van der Waals surface area contributed by atoms with Crippen LogP contribution in [0.4, 0.5) is 0 Å². The molecule has 5 heteroatoms. The molecule has 0 spiro atoms. The van der Waals surface area contributed by atoms with Gasteiger partial charge in [-0.3, -0.25) is 14.7 Å². The smallest absolute Gasteiger partial charge is 0.325 e. The fourth-order valence-electron chi connectivity index (χ4n) is 2.77. The minimum Gasteiger partial charge on any atom is -0.480 e. The van der Waals surface area contributed by atoms with Gasteiger partial charge in [0, 0.05) is 30.4 Å². The van der Waals surface area contributed by atoms with Crippen LogP contribution in [0.1, 0.15) is 27.6 Å². The lowest BCUT2D eigenvalue weighted by Gasteiger charge is -2.33. The molecular weight excluding hydrogens is 272 g/mol. The molecule has 0 aliphatic carbocycles. The molecule has 0 radical (unpaired) electrons. The maximum absolute atomic E-state index is 11.6. The Balaban J connectivity index is 1.88. The van der Waals surface area contributed by atoms with Gasteiger partial charge in [-0.1, -0.05) is 6.07 Å². The fraction of sp³-hybridized carbons (Fsp3) is 0.333. The van der Waals surface area contributed by atoms with Crippen LogP contribution in [0, 0.1) is 6.92 Å². The van der Waals surface area contributed by atoms with E-state index >= 15 is 0 Å². The molecular formula is C15H16N2O2S. The van der Waals surface area contributed by atoms with E-state index in [1.807, 2.05) is 35.7 Å². The molecule has 0 saturated heterocycles. The fourth-order valence-corrected chi connectivity index (χ4v) is 3.67. The number of fused-ring (bicyclic) bond motifs is 1. The number of aliphatic carboxylic acids is 1. The Labute approximate surface area is 121 Å². The number of aromatic nitrogens is 1. The lowest BCUT2D eigenvalue weighted by atomic mass is 9.99. The van der Waals surface area contributed by atoms with Crippen LogP contribution in [0.3, 0.4) is 0 Å². The third-order valence-corrected chi connectivity index (χ3v) is 4.61. The molecule has 1 atom stereocenters.